The molecule has 2 nitrogen and oxygen atoms in total. The highest BCUT2D eigenvalue weighted by Crippen LogP contribution is 2.26. The van der Waals surface area contributed by atoms with Crippen molar-refractivity contribution in [3.63, 3.8) is 0 Å². The molecule has 0 aromatic rings. The highest BCUT2D eigenvalue weighted by Gasteiger charge is 2.38. The average Bonchev–Trinajstić information content (AvgIpc) is 2.12. The van der Waals surface area contributed by atoms with Gasteiger partial charge in [0.2, 0.25) is 0 Å². The van der Waals surface area contributed by atoms with Crippen molar-refractivity contribution in [1.29, 1.82) is 0 Å². The Kier molecular flexibility index (Phi) is 6.58. The van der Waals surface area contributed by atoms with Gasteiger partial charge in [-0.15, -0.1) is 0 Å². The van der Waals surface area contributed by atoms with Crippen LogP contribution in [0.5, 0.6) is 0 Å². The van der Waals surface area contributed by atoms with Crippen molar-refractivity contribution in [1.82, 2.24) is 0 Å². The van der Waals surface area contributed by atoms with Gasteiger partial charge in [0.05, 0.1) is 0 Å². The standard InChI is InChI=1S/C10H27O2Si3/c1-8-15(9-2,10-3)12-14(6,7)11-13(4)5/h8-10H2,1-7H3. The topological polar surface area (TPSA) is 18.5 Å². The fourth-order valence-electron chi connectivity index (χ4n) is 2.00. The van der Waals surface area contributed by atoms with Crippen LogP contribution in [-0.4, -0.2) is 25.9 Å². The molecule has 0 aliphatic carbocycles. The summed E-state index contributed by atoms with van der Waals surface area (Å²) >= 11 is 0. The minimum atomic E-state index is -1.86. The molecule has 0 aromatic heterocycles. The van der Waals surface area contributed by atoms with E-state index in [1.54, 1.807) is 0 Å². The van der Waals surface area contributed by atoms with Gasteiger partial charge in [-0.1, -0.05) is 20.8 Å². The third-order valence-electron chi connectivity index (χ3n) is 2.85. The van der Waals surface area contributed by atoms with Crippen LogP contribution >= 0.6 is 0 Å². The van der Waals surface area contributed by atoms with Crippen molar-refractivity contribution in [3.8, 4) is 0 Å². The van der Waals surface area contributed by atoms with E-state index >= 15 is 0 Å². The van der Waals surface area contributed by atoms with Crippen molar-refractivity contribution in [3.05, 3.63) is 0 Å². The molecule has 91 valence electrons. The van der Waals surface area contributed by atoms with Crippen molar-refractivity contribution < 1.29 is 8.23 Å². The van der Waals surface area contributed by atoms with Crippen LogP contribution in [0.2, 0.25) is 44.3 Å². The first-order valence-corrected chi connectivity index (χ1v) is 13.8. The van der Waals surface area contributed by atoms with Gasteiger partial charge in [-0.3, -0.25) is 0 Å². The molecule has 15 heavy (non-hydrogen) atoms. The molecule has 0 unspecified atom stereocenters. The van der Waals surface area contributed by atoms with Gasteiger partial charge in [-0.25, -0.2) is 0 Å². The Bertz CT molecular complexity index is 171. The van der Waals surface area contributed by atoms with Crippen LogP contribution < -0.4 is 0 Å². The van der Waals surface area contributed by atoms with E-state index in [9.17, 15) is 0 Å². The first kappa shape index (κ1) is 15.6. The van der Waals surface area contributed by atoms with Gasteiger partial charge in [-0.2, -0.15) is 0 Å². The van der Waals surface area contributed by atoms with Gasteiger partial charge < -0.3 is 8.23 Å². The number of hydrogen-bond donors (Lipinski definition) is 0. The number of hydrogen-bond acceptors (Lipinski definition) is 2. The van der Waals surface area contributed by atoms with E-state index in [0.717, 1.165) is 0 Å². The first-order valence-electron chi connectivity index (χ1n) is 6.00. The second-order valence-corrected chi connectivity index (χ2v) is 15.5. The maximum absolute atomic E-state index is 6.46. The maximum atomic E-state index is 6.46. The molecule has 0 rings (SSSR count). The zero-order valence-electron chi connectivity index (χ0n) is 11.4. The van der Waals surface area contributed by atoms with Gasteiger partial charge in [0.25, 0.3) is 0 Å². The van der Waals surface area contributed by atoms with E-state index in [1.807, 2.05) is 0 Å². The smallest absolute Gasteiger partial charge is 0.311 e. The third kappa shape index (κ3) is 5.44. The van der Waals surface area contributed by atoms with E-state index in [2.05, 4.69) is 47.0 Å². The Morgan fingerprint density at radius 3 is 1.60 bits per heavy atom. The molecule has 0 fully saturated rings. The third-order valence-corrected chi connectivity index (χ3v) is 14.0. The van der Waals surface area contributed by atoms with E-state index < -0.39 is 25.9 Å². The van der Waals surface area contributed by atoms with Crippen LogP contribution in [0.15, 0.2) is 0 Å². The molecule has 0 heterocycles. The van der Waals surface area contributed by atoms with E-state index in [1.165, 1.54) is 18.1 Å². The van der Waals surface area contributed by atoms with Gasteiger partial charge in [0.1, 0.15) is 0 Å². The van der Waals surface area contributed by atoms with Crippen LogP contribution in [0.1, 0.15) is 20.8 Å². The van der Waals surface area contributed by atoms with Crippen molar-refractivity contribution in [2.45, 2.75) is 65.1 Å². The molecular formula is C10H27O2Si3. The minimum absolute atomic E-state index is 0.628. The van der Waals surface area contributed by atoms with Crippen molar-refractivity contribution in [2.75, 3.05) is 0 Å². The lowest BCUT2D eigenvalue weighted by atomic mass is 10.9. The summed E-state index contributed by atoms with van der Waals surface area (Å²) < 4.78 is 12.5. The number of rotatable bonds is 7. The Balaban J connectivity index is 4.51. The van der Waals surface area contributed by atoms with E-state index in [0.29, 0.717) is 0 Å². The molecule has 5 heteroatoms. The van der Waals surface area contributed by atoms with Gasteiger partial charge in [0, 0.05) is 0 Å². The molecule has 0 amide bonds. The summed E-state index contributed by atoms with van der Waals surface area (Å²) in [4.78, 5) is 0. The van der Waals surface area contributed by atoms with E-state index in [-0.39, 0.29) is 0 Å². The average molecular weight is 264 g/mol. The van der Waals surface area contributed by atoms with Gasteiger partial charge >= 0.3 is 8.56 Å². The lowest BCUT2D eigenvalue weighted by Crippen LogP contribution is -2.50. The fourth-order valence-corrected chi connectivity index (χ4v) is 13.9. The molecular weight excluding hydrogens is 236 g/mol. The van der Waals surface area contributed by atoms with Crippen LogP contribution in [0.25, 0.3) is 0 Å². The van der Waals surface area contributed by atoms with Gasteiger partial charge in [0.15, 0.2) is 17.4 Å². The normalized spacial score (nSPS) is 13.6. The Hall–Kier alpha value is 0.571. The van der Waals surface area contributed by atoms with E-state index in [4.69, 9.17) is 8.23 Å². The highest BCUT2D eigenvalue weighted by atomic mass is 28.5. The second kappa shape index (κ2) is 6.34. The summed E-state index contributed by atoms with van der Waals surface area (Å²) in [5, 5.41) is 0. The Labute approximate surface area is 99.5 Å². The predicted molar refractivity (Wildman–Crippen MR) is 74.3 cm³/mol. The molecule has 0 aliphatic rings. The molecule has 0 saturated heterocycles. The highest BCUT2D eigenvalue weighted by molar-refractivity contribution is 6.85. The van der Waals surface area contributed by atoms with Crippen molar-refractivity contribution >= 4 is 25.9 Å². The second-order valence-electron chi connectivity index (χ2n) is 4.76. The summed E-state index contributed by atoms with van der Waals surface area (Å²) in [6.07, 6.45) is 0. The summed E-state index contributed by atoms with van der Waals surface area (Å²) in [7, 11) is -3.95. The predicted octanol–water partition coefficient (Wildman–Crippen LogP) is 3.98. The molecule has 0 spiro atoms. The minimum Gasteiger partial charge on any atom is -0.437 e. The largest absolute Gasteiger partial charge is 0.437 e. The monoisotopic (exact) mass is 263 g/mol. The summed E-state index contributed by atoms with van der Waals surface area (Å²) in [5.74, 6) is 0. The lowest BCUT2D eigenvalue weighted by Gasteiger charge is -2.37. The molecule has 0 N–H and O–H groups in total. The van der Waals surface area contributed by atoms with Crippen LogP contribution in [0.3, 0.4) is 0 Å². The Morgan fingerprint density at radius 1 is 0.933 bits per heavy atom. The summed E-state index contributed by atoms with van der Waals surface area (Å²) in [6, 6.07) is 3.65. The van der Waals surface area contributed by atoms with Crippen LogP contribution in [0, 0.1) is 0 Å². The van der Waals surface area contributed by atoms with Crippen LogP contribution in [-0.2, 0) is 8.23 Å². The quantitative estimate of drug-likeness (QED) is 0.647. The van der Waals surface area contributed by atoms with Crippen LogP contribution in [0.4, 0.5) is 0 Å². The lowest BCUT2D eigenvalue weighted by molar-refractivity contribution is 0.395. The molecule has 0 saturated carbocycles. The first-order chi connectivity index (χ1) is 6.81. The molecule has 0 aliphatic heterocycles. The fraction of sp³-hybridized carbons (Fsp3) is 1.00. The summed E-state index contributed by atoms with van der Waals surface area (Å²) in [6.45, 7) is 15.6. The SMILES string of the molecule is CC[Si](CC)(CC)O[Si](C)(C)O[Si](C)C. The zero-order chi connectivity index (χ0) is 12.1. The molecule has 1 radical (unpaired) electrons. The Morgan fingerprint density at radius 2 is 1.33 bits per heavy atom. The van der Waals surface area contributed by atoms with Crippen molar-refractivity contribution in [2.24, 2.45) is 0 Å². The zero-order valence-corrected chi connectivity index (χ0v) is 14.4. The maximum Gasteiger partial charge on any atom is 0.311 e. The molecule has 0 aromatic carbocycles. The van der Waals surface area contributed by atoms with Gasteiger partial charge in [-0.05, 0) is 44.3 Å². The molecule has 0 atom stereocenters. The summed E-state index contributed by atoms with van der Waals surface area (Å²) in [5.41, 5.74) is 0. The molecule has 0 bridgehead atoms.